The van der Waals surface area contributed by atoms with Crippen LogP contribution in [0, 0.1) is 12.3 Å². The fraction of sp³-hybridized carbons (Fsp3) is 0.129. The Hall–Kier alpha value is -5.51. The Morgan fingerprint density at radius 1 is 0.683 bits per heavy atom. The molecular formula is C31H30N4O6. The van der Waals surface area contributed by atoms with Crippen molar-refractivity contribution in [2.75, 3.05) is 32.0 Å². The average Bonchev–Trinajstić information content (AvgIpc) is 2.98. The number of guanidine groups is 1. The predicted octanol–water partition coefficient (Wildman–Crippen LogP) is 5.84. The number of hydrogen-bond acceptors (Lipinski definition) is 7. The molecule has 41 heavy (non-hydrogen) atoms. The summed E-state index contributed by atoms with van der Waals surface area (Å²) in [5.41, 5.74) is 2.53. The van der Waals surface area contributed by atoms with Gasteiger partial charge < -0.3 is 29.6 Å². The van der Waals surface area contributed by atoms with Crippen LogP contribution >= 0.6 is 0 Å². The van der Waals surface area contributed by atoms with E-state index in [0.717, 1.165) is 5.56 Å². The zero-order valence-corrected chi connectivity index (χ0v) is 23.0. The minimum absolute atomic E-state index is 0.211. The van der Waals surface area contributed by atoms with E-state index in [9.17, 15) is 9.59 Å². The molecule has 10 nitrogen and oxygen atoms in total. The third kappa shape index (κ3) is 7.12. The number of rotatable bonds is 9. The highest BCUT2D eigenvalue weighted by molar-refractivity contribution is 6.10. The number of amides is 2. The molecule has 0 aliphatic heterocycles. The van der Waals surface area contributed by atoms with Crippen molar-refractivity contribution in [1.29, 1.82) is 5.41 Å². The van der Waals surface area contributed by atoms with Gasteiger partial charge in [0.05, 0.1) is 21.3 Å². The van der Waals surface area contributed by atoms with Gasteiger partial charge in [-0.25, -0.2) is 0 Å². The molecule has 0 radical (unpaired) electrons. The van der Waals surface area contributed by atoms with Crippen LogP contribution in [0.5, 0.6) is 28.7 Å². The summed E-state index contributed by atoms with van der Waals surface area (Å²) in [5.74, 6) is 1.17. The first kappa shape index (κ1) is 28.5. The number of carbonyl (C=O) groups excluding carboxylic acids is 2. The summed E-state index contributed by atoms with van der Waals surface area (Å²) in [4.78, 5) is 25.7. The Morgan fingerprint density at radius 3 is 1.93 bits per heavy atom. The Morgan fingerprint density at radius 2 is 1.32 bits per heavy atom. The van der Waals surface area contributed by atoms with E-state index < -0.39 is 5.91 Å². The van der Waals surface area contributed by atoms with Crippen LogP contribution in [0.25, 0.3) is 0 Å². The molecule has 0 aliphatic carbocycles. The first-order valence-electron chi connectivity index (χ1n) is 12.5. The summed E-state index contributed by atoms with van der Waals surface area (Å²) in [6.45, 7) is 1.85. The van der Waals surface area contributed by atoms with Crippen molar-refractivity contribution in [2.24, 2.45) is 0 Å². The van der Waals surface area contributed by atoms with Gasteiger partial charge in [-0.05, 0) is 73.2 Å². The fourth-order valence-corrected chi connectivity index (χ4v) is 3.90. The lowest BCUT2D eigenvalue weighted by Crippen LogP contribution is -2.35. The lowest BCUT2D eigenvalue weighted by Gasteiger charge is -2.15. The molecule has 10 heteroatoms. The Labute approximate surface area is 237 Å². The van der Waals surface area contributed by atoms with Gasteiger partial charge in [0.2, 0.25) is 5.75 Å². The van der Waals surface area contributed by atoms with Crippen molar-refractivity contribution in [2.45, 2.75) is 6.92 Å². The highest BCUT2D eigenvalue weighted by Crippen LogP contribution is 2.38. The topological polar surface area (TPSA) is 131 Å². The van der Waals surface area contributed by atoms with Gasteiger partial charge in [-0.1, -0.05) is 24.3 Å². The van der Waals surface area contributed by atoms with Crippen molar-refractivity contribution in [3.05, 3.63) is 102 Å². The third-order valence-electron chi connectivity index (χ3n) is 6.02. The third-order valence-corrected chi connectivity index (χ3v) is 6.02. The normalized spacial score (nSPS) is 10.2. The van der Waals surface area contributed by atoms with Gasteiger partial charge in [0.15, 0.2) is 17.5 Å². The van der Waals surface area contributed by atoms with Gasteiger partial charge in [0.1, 0.15) is 11.5 Å². The molecule has 4 N–H and O–H groups in total. The lowest BCUT2D eigenvalue weighted by atomic mass is 10.1. The molecule has 0 fully saturated rings. The van der Waals surface area contributed by atoms with Crippen LogP contribution in [0.4, 0.5) is 11.4 Å². The molecular weight excluding hydrogens is 524 g/mol. The second-order valence-electron chi connectivity index (χ2n) is 8.79. The van der Waals surface area contributed by atoms with E-state index in [0.29, 0.717) is 45.7 Å². The van der Waals surface area contributed by atoms with Gasteiger partial charge in [0, 0.05) is 22.5 Å². The number of nitrogens with one attached hydrogen (secondary N) is 4. The molecule has 0 unspecified atom stereocenters. The molecule has 0 saturated carbocycles. The van der Waals surface area contributed by atoms with Gasteiger partial charge in [-0.15, -0.1) is 0 Å². The van der Waals surface area contributed by atoms with E-state index in [4.69, 9.17) is 24.4 Å². The Bertz CT molecular complexity index is 1530. The lowest BCUT2D eigenvalue weighted by molar-refractivity contribution is 0.0974. The number of ether oxygens (including phenoxy) is 4. The Kier molecular flexibility index (Phi) is 9.06. The van der Waals surface area contributed by atoms with Crippen molar-refractivity contribution >= 4 is 29.1 Å². The average molecular weight is 555 g/mol. The number of para-hydroxylation sites is 1. The zero-order valence-electron chi connectivity index (χ0n) is 23.0. The molecule has 0 heterocycles. The first-order chi connectivity index (χ1) is 19.8. The molecule has 0 aromatic heterocycles. The maximum Gasteiger partial charge on any atom is 0.258 e. The maximum absolute atomic E-state index is 12.9. The number of methoxy groups -OCH3 is 3. The SMILES string of the molecule is COc1cc(C(=O)NC(=N)Nc2ccc(C)c(NC(=O)c3ccc(Oc4ccccc4)cc3)c2)cc(OC)c1OC. The standard InChI is InChI=1S/C31H30N4O6/c1-19-10-13-22(33-31(32)35-30(37)21-16-26(38-2)28(40-4)27(17-21)39-3)18-25(19)34-29(36)20-11-14-24(15-12-20)41-23-8-6-5-7-9-23/h5-18H,1-4H3,(H,34,36)(H3,32,33,35,37). The molecule has 0 spiro atoms. The number of benzene rings is 4. The smallest absolute Gasteiger partial charge is 0.258 e. The minimum Gasteiger partial charge on any atom is -0.493 e. The number of hydrogen-bond donors (Lipinski definition) is 4. The zero-order chi connectivity index (χ0) is 29.4. The highest BCUT2D eigenvalue weighted by Gasteiger charge is 2.18. The quantitative estimate of drug-likeness (QED) is 0.151. The summed E-state index contributed by atoms with van der Waals surface area (Å²) < 4.78 is 21.7. The number of anilines is 2. The van der Waals surface area contributed by atoms with Crippen molar-refractivity contribution < 1.29 is 28.5 Å². The van der Waals surface area contributed by atoms with E-state index in [-0.39, 0.29) is 17.4 Å². The number of aryl methyl sites for hydroxylation is 1. The molecule has 4 aromatic carbocycles. The van der Waals surface area contributed by atoms with E-state index in [1.165, 1.54) is 33.5 Å². The van der Waals surface area contributed by atoms with Gasteiger partial charge in [-0.3, -0.25) is 20.3 Å². The molecule has 4 rings (SSSR count). The summed E-state index contributed by atoms with van der Waals surface area (Å²) in [6.07, 6.45) is 0. The maximum atomic E-state index is 12.9. The Balaban J connectivity index is 1.40. The van der Waals surface area contributed by atoms with E-state index in [2.05, 4.69) is 16.0 Å². The van der Waals surface area contributed by atoms with Crippen LogP contribution in [0.15, 0.2) is 84.9 Å². The molecule has 0 aliphatic rings. The summed E-state index contributed by atoms with van der Waals surface area (Å²) in [7, 11) is 4.37. The summed E-state index contributed by atoms with van der Waals surface area (Å²) in [5, 5.41) is 16.5. The van der Waals surface area contributed by atoms with Crippen LogP contribution in [0.2, 0.25) is 0 Å². The van der Waals surface area contributed by atoms with Gasteiger partial charge in [0.25, 0.3) is 11.8 Å². The van der Waals surface area contributed by atoms with Crippen LogP contribution in [-0.4, -0.2) is 39.1 Å². The van der Waals surface area contributed by atoms with Crippen molar-refractivity contribution in [3.8, 4) is 28.7 Å². The van der Waals surface area contributed by atoms with Crippen LogP contribution in [0.1, 0.15) is 26.3 Å². The molecule has 4 aromatic rings. The predicted molar refractivity (Wildman–Crippen MR) is 157 cm³/mol. The first-order valence-corrected chi connectivity index (χ1v) is 12.5. The van der Waals surface area contributed by atoms with Crippen LogP contribution < -0.4 is 34.9 Å². The van der Waals surface area contributed by atoms with Crippen LogP contribution in [-0.2, 0) is 0 Å². The van der Waals surface area contributed by atoms with E-state index in [1.54, 1.807) is 42.5 Å². The largest absolute Gasteiger partial charge is 0.493 e. The molecule has 2 amide bonds. The van der Waals surface area contributed by atoms with Crippen LogP contribution in [0.3, 0.4) is 0 Å². The molecule has 0 saturated heterocycles. The molecule has 0 bridgehead atoms. The van der Waals surface area contributed by atoms with E-state index in [1.807, 2.05) is 37.3 Å². The summed E-state index contributed by atoms with van der Waals surface area (Å²) in [6, 6.07) is 24.4. The number of carbonyl (C=O) groups is 2. The summed E-state index contributed by atoms with van der Waals surface area (Å²) >= 11 is 0. The van der Waals surface area contributed by atoms with E-state index >= 15 is 0 Å². The van der Waals surface area contributed by atoms with Gasteiger partial charge >= 0.3 is 0 Å². The second-order valence-corrected chi connectivity index (χ2v) is 8.79. The van der Waals surface area contributed by atoms with Crippen molar-refractivity contribution in [1.82, 2.24) is 5.32 Å². The van der Waals surface area contributed by atoms with Gasteiger partial charge in [-0.2, -0.15) is 0 Å². The van der Waals surface area contributed by atoms with Crippen molar-refractivity contribution in [3.63, 3.8) is 0 Å². The highest BCUT2D eigenvalue weighted by atomic mass is 16.5. The minimum atomic E-state index is -0.554. The monoisotopic (exact) mass is 554 g/mol. The molecule has 210 valence electrons. The second kappa shape index (κ2) is 13.0. The fourth-order valence-electron chi connectivity index (χ4n) is 3.90. The molecule has 0 atom stereocenters.